The van der Waals surface area contributed by atoms with Crippen LogP contribution >= 0.6 is 0 Å². The zero-order valence-corrected chi connectivity index (χ0v) is 17.3. The third-order valence-electron chi connectivity index (χ3n) is 2.16. The molecule has 0 aliphatic carbocycles. The molecule has 0 heterocycles. The molecule has 21 heavy (non-hydrogen) atoms. The van der Waals surface area contributed by atoms with Crippen molar-refractivity contribution in [2.24, 2.45) is 0 Å². The molecule has 110 valence electrons. The van der Waals surface area contributed by atoms with Gasteiger partial charge < -0.3 is 24.7 Å². The number of hydrogen-bond donors (Lipinski definition) is 0. The zero-order chi connectivity index (χ0) is 15.1. The monoisotopic (exact) mass is 339 g/mol. The Kier molecular flexibility index (Phi) is 16.1. The number of rotatable bonds is 9. The second-order valence-electron chi connectivity index (χ2n) is 4.04. The van der Waals surface area contributed by atoms with Gasteiger partial charge in [0, 0.05) is 31.6 Å². The molecule has 0 aromatic carbocycles. The Morgan fingerprint density at radius 1 is 1.00 bits per heavy atom. The molecule has 0 N–H and O–H groups in total. The van der Waals surface area contributed by atoms with Crippen molar-refractivity contribution >= 4 is 27.7 Å². The Morgan fingerprint density at radius 3 is 1.90 bits per heavy atom. The summed E-state index contributed by atoms with van der Waals surface area (Å²) in [7, 11) is -3.20. The Balaban J connectivity index is -0.00000162. The summed E-state index contributed by atoms with van der Waals surface area (Å²) in [5.74, 6) is -3.76. The van der Waals surface area contributed by atoms with Gasteiger partial charge >= 0.3 is 59.1 Å². The van der Waals surface area contributed by atoms with E-state index in [4.69, 9.17) is 0 Å². The number of amides is 1. The van der Waals surface area contributed by atoms with Gasteiger partial charge in [0.1, 0.15) is 9.84 Å². The van der Waals surface area contributed by atoms with E-state index in [0.29, 0.717) is 0 Å². The van der Waals surface area contributed by atoms with Crippen molar-refractivity contribution in [3.63, 3.8) is 0 Å². The topological polar surface area (TPSA) is 135 Å². The van der Waals surface area contributed by atoms with Gasteiger partial charge in [-0.3, -0.25) is 4.79 Å². The van der Waals surface area contributed by atoms with Gasteiger partial charge in [-0.2, -0.15) is 0 Å². The summed E-state index contributed by atoms with van der Waals surface area (Å²) in [6.07, 6.45) is 0.400. The molecule has 11 heteroatoms. The molecule has 0 spiro atoms. The minimum absolute atomic E-state index is 0. The number of carboxylic acid groups (broad SMARTS) is 2. The molecule has 0 rings (SSSR count). The summed E-state index contributed by atoms with van der Waals surface area (Å²) in [4.78, 5) is 33.1. The summed E-state index contributed by atoms with van der Waals surface area (Å²) < 4.78 is 21.7. The number of hydrogen-bond acceptors (Lipinski definition) is 7. The molecule has 0 radical (unpaired) electrons. The summed E-state index contributed by atoms with van der Waals surface area (Å²) in [5.41, 5.74) is 0. The van der Waals surface area contributed by atoms with E-state index < -0.39 is 40.6 Å². The largest absolute Gasteiger partial charge is 1.00 e. The molecule has 0 atom stereocenters. The Bertz CT molecular complexity index is 452. The van der Waals surface area contributed by atoms with E-state index in [-0.39, 0.29) is 84.3 Å². The molecule has 8 nitrogen and oxygen atoms in total. The van der Waals surface area contributed by atoms with Gasteiger partial charge in [0.15, 0.2) is 0 Å². The average molecular weight is 339 g/mol. The van der Waals surface area contributed by atoms with Gasteiger partial charge in [-0.1, -0.05) is 0 Å². The Morgan fingerprint density at radius 2 is 1.52 bits per heavy atom. The minimum Gasteiger partial charge on any atom is -0.550 e. The SMILES string of the molecule is CS(=O)(=O)CCCC(=O)N(CCC(=O)[O-])CC(=O)[O-].[Na+].[Na+]. The standard InChI is InChI=1S/C10H17NO7S.2Na/c1-19(17,18)6-2-3-8(12)11(7-10(15)16)5-4-9(13)14;;/h2-7H2,1H3,(H,13,14)(H,15,16);;/q;2*+1/p-2. The molecular formula is C10H15NNa2O7S. The van der Waals surface area contributed by atoms with Crippen LogP contribution in [0.3, 0.4) is 0 Å². The molecule has 0 fully saturated rings. The van der Waals surface area contributed by atoms with Gasteiger partial charge in [0.05, 0.1) is 18.3 Å². The van der Waals surface area contributed by atoms with E-state index in [9.17, 15) is 33.0 Å². The number of carbonyl (C=O) groups is 3. The predicted octanol–water partition coefficient (Wildman–Crippen LogP) is -9.46. The van der Waals surface area contributed by atoms with Crippen LogP contribution in [0, 0.1) is 0 Å². The van der Waals surface area contributed by atoms with Crippen molar-refractivity contribution in [3.05, 3.63) is 0 Å². The Hall–Kier alpha value is 0.360. The Labute approximate surface area is 167 Å². The second-order valence-corrected chi connectivity index (χ2v) is 6.30. The average Bonchev–Trinajstić information content (AvgIpc) is 2.21. The fraction of sp³-hybridized carbons (Fsp3) is 0.700. The van der Waals surface area contributed by atoms with Crippen molar-refractivity contribution in [3.8, 4) is 0 Å². The van der Waals surface area contributed by atoms with Crippen LogP contribution < -0.4 is 69.3 Å². The number of nitrogens with zero attached hydrogens (tertiary/aromatic N) is 1. The first-order valence-electron chi connectivity index (χ1n) is 5.47. The minimum atomic E-state index is -3.20. The van der Waals surface area contributed by atoms with E-state index in [1.807, 2.05) is 0 Å². The van der Waals surface area contributed by atoms with Gasteiger partial charge in [0.25, 0.3) is 0 Å². The van der Waals surface area contributed by atoms with Crippen molar-refractivity contribution in [1.29, 1.82) is 0 Å². The molecule has 0 unspecified atom stereocenters. The van der Waals surface area contributed by atoms with Crippen LogP contribution in [0.5, 0.6) is 0 Å². The first-order chi connectivity index (χ1) is 8.61. The first kappa shape index (κ1) is 26.3. The second kappa shape index (κ2) is 12.9. The summed E-state index contributed by atoms with van der Waals surface area (Å²) in [5, 5.41) is 20.7. The van der Waals surface area contributed by atoms with E-state index in [2.05, 4.69) is 0 Å². The quantitative estimate of drug-likeness (QED) is 0.381. The molecule has 0 aromatic heterocycles. The van der Waals surface area contributed by atoms with Crippen LogP contribution in [0.1, 0.15) is 19.3 Å². The molecule has 0 bridgehead atoms. The van der Waals surface area contributed by atoms with Crippen molar-refractivity contribution in [1.82, 2.24) is 4.90 Å². The van der Waals surface area contributed by atoms with Gasteiger partial charge in [-0.25, -0.2) is 8.42 Å². The van der Waals surface area contributed by atoms with Crippen LogP contribution in [0.4, 0.5) is 0 Å². The van der Waals surface area contributed by atoms with Gasteiger partial charge in [-0.15, -0.1) is 0 Å². The smallest absolute Gasteiger partial charge is 0.550 e. The number of carboxylic acids is 2. The van der Waals surface area contributed by atoms with E-state index in [1.165, 1.54) is 0 Å². The molecular weight excluding hydrogens is 324 g/mol. The van der Waals surface area contributed by atoms with Crippen LogP contribution in [0.15, 0.2) is 0 Å². The number of sulfone groups is 1. The van der Waals surface area contributed by atoms with Crippen LogP contribution in [-0.2, 0) is 24.2 Å². The van der Waals surface area contributed by atoms with Crippen molar-refractivity contribution in [2.45, 2.75) is 19.3 Å². The summed E-state index contributed by atoms with van der Waals surface area (Å²) in [6, 6.07) is 0. The maximum absolute atomic E-state index is 11.6. The zero-order valence-electron chi connectivity index (χ0n) is 12.5. The van der Waals surface area contributed by atoms with Gasteiger partial charge in [0.2, 0.25) is 5.91 Å². The van der Waals surface area contributed by atoms with Crippen LogP contribution in [-0.4, -0.2) is 56.3 Å². The third kappa shape index (κ3) is 16.6. The van der Waals surface area contributed by atoms with E-state index >= 15 is 0 Å². The molecule has 0 saturated carbocycles. The molecule has 0 aliphatic rings. The van der Waals surface area contributed by atoms with Crippen LogP contribution in [0.2, 0.25) is 0 Å². The normalized spacial score (nSPS) is 9.95. The van der Waals surface area contributed by atoms with Crippen LogP contribution in [0.25, 0.3) is 0 Å². The third-order valence-corrected chi connectivity index (χ3v) is 3.19. The summed E-state index contributed by atoms with van der Waals surface area (Å²) >= 11 is 0. The molecule has 0 aliphatic heterocycles. The number of carbonyl (C=O) groups excluding carboxylic acids is 3. The van der Waals surface area contributed by atoms with Crippen molar-refractivity contribution < 1.29 is 92.1 Å². The van der Waals surface area contributed by atoms with Gasteiger partial charge in [-0.05, 0) is 6.42 Å². The number of aliphatic carboxylic acids is 2. The van der Waals surface area contributed by atoms with E-state index in [1.54, 1.807) is 0 Å². The van der Waals surface area contributed by atoms with E-state index in [0.717, 1.165) is 11.2 Å². The van der Waals surface area contributed by atoms with Crippen molar-refractivity contribution in [2.75, 3.05) is 25.1 Å². The fourth-order valence-electron chi connectivity index (χ4n) is 1.32. The molecule has 0 saturated heterocycles. The maximum atomic E-state index is 11.6. The fourth-order valence-corrected chi connectivity index (χ4v) is 1.99. The molecule has 1 amide bonds. The maximum Gasteiger partial charge on any atom is 1.00 e. The summed E-state index contributed by atoms with van der Waals surface area (Å²) in [6.45, 7) is -1.04. The first-order valence-corrected chi connectivity index (χ1v) is 7.53. The predicted molar refractivity (Wildman–Crippen MR) is 60.2 cm³/mol. The molecule has 0 aromatic rings.